The summed E-state index contributed by atoms with van der Waals surface area (Å²) in [6.07, 6.45) is 1.45. The highest BCUT2D eigenvalue weighted by atomic mass is 31.2. The first-order chi connectivity index (χ1) is 15.3. The van der Waals surface area contributed by atoms with Crippen LogP contribution in [0.5, 0.6) is 11.5 Å². The second-order valence-corrected chi connectivity index (χ2v) is 8.77. The molecule has 5 nitrogen and oxygen atoms in total. The number of carbonyl (C=O) groups is 1. The Labute approximate surface area is 184 Å². The molecule has 0 radical (unpaired) electrons. The lowest BCUT2D eigenvalue weighted by Crippen LogP contribution is -2.35. The molecule has 6 heteroatoms. The Hall–Kier alpha value is -2.88. The summed E-state index contributed by atoms with van der Waals surface area (Å²) in [5, 5.41) is 0. The predicted octanol–water partition coefficient (Wildman–Crippen LogP) is 5.83. The lowest BCUT2D eigenvalue weighted by Gasteiger charge is -2.34. The van der Waals surface area contributed by atoms with Crippen LogP contribution in [0.4, 0.5) is 0 Å². The molecule has 0 unspecified atom stereocenters. The Morgan fingerprint density at radius 3 is 1.77 bits per heavy atom. The molecule has 0 aliphatic carbocycles. The van der Waals surface area contributed by atoms with E-state index in [0.29, 0.717) is 6.61 Å². The van der Waals surface area contributed by atoms with Crippen LogP contribution in [-0.4, -0.2) is 23.7 Å². The molecule has 1 aliphatic heterocycles. The standard InChI is InChI=1S/C25H26NO4P/c27-25(28-20-21-10-4-1-5-11-21)22-16-18-26(19-17-22)31(29-23-12-6-2-7-13-23)30-24-14-8-3-9-15-24/h1-15,22H,16-20H2. The summed E-state index contributed by atoms with van der Waals surface area (Å²) in [4.78, 5) is 12.5. The van der Waals surface area contributed by atoms with Crippen molar-refractivity contribution in [3.63, 3.8) is 0 Å². The molecule has 3 aromatic rings. The van der Waals surface area contributed by atoms with Gasteiger partial charge in [0, 0.05) is 13.1 Å². The second-order valence-electron chi connectivity index (χ2n) is 7.37. The van der Waals surface area contributed by atoms with Gasteiger partial charge in [0.15, 0.2) is 0 Å². The number of para-hydroxylation sites is 2. The normalized spacial score (nSPS) is 14.9. The number of hydrogen-bond acceptors (Lipinski definition) is 5. The fraction of sp³-hybridized carbons (Fsp3) is 0.240. The van der Waals surface area contributed by atoms with Crippen LogP contribution in [0, 0.1) is 5.92 Å². The smallest absolute Gasteiger partial charge is 0.384 e. The molecular formula is C25H26NO4P. The highest BCUT2D eigenvalue weighted by molar-refractivity contribution is 7.45. The van der Waals surface area contributed by atoms with Crippen molar-refractivity contribution in [2.24, 2.45) is 5.92 Å². The highest BCUT2D eigenvalue weighted by Crippen LogP contribution is 2.45. The third-order valence-electron chi connectivity index (χ3n) is 5.11. The molecule has 3 aromatic carbocycles. The van der Waals surface area contributed by atoms with Gasteiger partial charge in [0.25, 0.3) is 0 Å². The van der Waals surface area contributed by atoms with Crippen molar-refractivity contribution in [1.82, 2.24) is 4.67 Å². The number of carbonyl (C=O) groups excluding carboxylic acids is 1. The topological polar surface area (TPSA) is 48.0 Å². The van der Waals surface area contributed by atoms with E-state index in [1.165, 1.54) is 0 Å². The van der Waals surface area contributed by atoms with Crippen LogP contribution >= 0.6 is 8.53 Å². The summed E-state index contributed by atoms with van der Waals surface area (Å²) >= 11 is 0. The SMILES string of the molecule is O=C(OCc1ccccc1)C1CCN(P(Oc2ccccc2)Oc2ccccc2)CC1. The average Bonchev–Trinajstić information content (AvgIpc) is 2.84. The number of piperidine rings is 1. The van der Waals surface area contributed by atoms with Gasteiger partial charge in [-0.2, -0.15) is 0 Å². The van der Waals surface area contributed by atoms with E-state index in [1.54, 1.807) is 0 Å². The van der Waals surface area contributed by atoms with Gasteiger partial charge in [-0.25, -0.2) is 4.67 Å². The van der Waals surface area contributed by atoms with Gasteiger partial charge in [-0.15, -0.1) is 0 Å². The van der Waals surface area contributed by atoms with E-state index in [2.05, 4.69) is 4.67 Å². The largest absolute Gasteiger partial charge is 0.461 e. The summed E-state index contributed by atoms with van der Waals surface area (Å²) in [7, 11) is -1.33. The van der Waals surface area contributed by atoms with Crippen LogP contribution in [0.25, 0.3) is 0 Å². The van der Waals surface area contributed by atoms with Gasteiger partial charge in [0.05, 0.1) is 5.92 Å². The van der Waals surface area contributed by atoms with Gasteiger partial charge in [0.2, 0.25) is 0 Å². The van der Waals surface area contributed by atoms with Crippen molar-refractivity contribution in [1.29, 1.82) is 0 Å². The zero-order valence-corrected chi connectivity index (χ0v) is 18.2. The molecule has 0 N–H and O–H groups in total. The van der Waals surface area contributed by atoms with Gasteiger partial charge in [-0.05, 0) is 42.7 Å². The number of esters is 1. The minimum atomic E-state index is -1.33. The molecule has 160 valence electrons. The van der Waals surface area contributed by atoms with Crippen LogP contribution in [0.15, 0.2) is 91.0 Å². The number of benzene rings is 3. The van der Waals surface area contributed by atoms with E-state index < -0.39 is 8.53 Å². The van der Waals surface area contributed by atoms with E-state index >= 15 is 0 Å². The van der Waals surface area contributed by atoms with Crippen LogP contribution in [0.3, 0.4) is 0 Å². The summed E-state index contributed by atoms with van der Waals surface area (Å²) in [6, 6.07) is 29.2. The van der Waals surface area contributed by atoms with Gasteiger partial charge in [-0.3, -0.25) is 4.79 Å². The molecular weight excluding hydrogens is 409 g/mol. The van der Waals surface area contributed by atoms with Crippen molar-refractivity contribution < 1.29 is 18.6 Å². The maximum Gasteiger partial charge on any atom is 0.384 e. The third kappa shape index (κ3) is 6.30. The lowest BCUT2D eigenvalue weighted by molar-refractivity contribution is -0.151. The first-order valence-electron chi connectivity index (χ1n) is 10.5. The Bertz CT molecular complexity index is 890. The molecule has 1 heterocycles. The Kier molecular flexibility index (Phi) is 7.54. The van der Waals surface area contributed by atoms with Gasteiger partial charge < -0.3 is 13.8 Å². The molecule has 0 saturated carbocycles. The van der Waals surface area contributed by atoms with Crippen molar-refractivity contribution in [2.45, 2.75) is 19.4 Å². The summed E-state index contributed by atoms with van der Waals surface area (Å²) < 4.78 is 20.2. The van der Waals surface area contributed by atoms with Crippen molar-refractivity contribution in [3.8, 4) is 11.5 Å². The van der Waals surface area contributed by atoms with Gasteiger partial charge in [-0.1, -0.05) is 66.7 Å². The zero-order chi connectivity index (χ0) is 21.3. The number of nitrogens with zero attached hydrogens (tertiary/aromatic N) is 1. The maximum atomic E-state index is 12.5. The van der Waals surface area contributed by atoms with Crippen LogP contribution < -0.4 is 9.05 Å². The van der Waals surface area contributed by atoms with E-state index in [0.717, 1.165) is 43.0 Å². The predicted molar refractivity (Wildman–Crippen MR) is 122 cm³/mol. The van der Waals surface area contributed by atoms with Crippen LogP contribution in [0.2, 0.25) is 0 Å². The number of rotatable bonds is 8. The average molecular weight is 435 g/mol. The lowest BCUT2D eigenvalue weighted by atomic mass is 9.98. The van der Waals surface area contributed by atoms with E-state index in [9.17, 15) is 4.79 Å². The molecule has 1 fully saturated rings. The fourth-order valence-corrected chi connectivity index (χ4v) is 4.82. The fourth-order valence-electron chi connectivity index (χ4n) is 3.39. The Morgan fingerprint density at radius 2 is 1.26 bits per heavy atom. The molecule has 0 aromatic heterocycles. The first-order valence-corrected chi connectivity index (χ1v) is 11.6. The minimum absolute atomic E-state index is 0.0923. The van der Waals surface area contributed by atoms with Crippen molar-refractivity contribution in [3.05, 3.63) is 96.6 Å². The van der Waals surface area contributed by atoms with Crippen LogP contribution in [0.1, 0.15) is 18.4 Å². The summed E-state index contributed by atoms with van der Waals surface area (Å²) in [5.74, 6) is 1.33. The first kappa shape index (κ1) is 21.4. The number of hydrogen-bond donors (Lipinski definition) is 0. The molecule has 0 atom stereocenters. The van der Waals surface area contributed by atoms with Crippen LogP contribution in [-0.2, 0) is 16.1 Å². The van der Waals surface area contributed by atoms with E-state index in [-0.39, 0.29) is 11.9 Å². The van der Waals surface area contributed by atoms with Crippen molar-refractivity contribution >= 4 is 14.5 Å². The molecule has 1 saturated heterocycles. The van der Waals surface area contributed by atoms with Gasteiger partial charge >= 0.3 is 14.5 Å². The third-order valence-corrected chi connectivity index (χ3v) is 6.71. The number of ether oxygens (including phenoxy) is 1. The molecule has 0 bridgehead atoms. The Balaban J connectivity index is 1.34. The van der Waals surface area contributed by atoms with Crippen molar-refractivity contribution in [2.75, 3.05) is 13.1 Å². The maximum absolute atomic E-state index is 12.5. The second kappa shape index (κ2) is 10.9. The molecule has 1 aliphatic rings. The zero-order valence-electron chi connectivity index (χ0n) is 17.3. The molecule has 4 rings (SSSR count). The summed E-state index contributed by atoms with van der Waals surface area (Å²) in [5.41, 5.74) is 1.00. The Morgan fingerprint density at radius 1 is 0.774 bits per heavy atom. The van der Waals surface area contributed by atoms with E-state index in [1.807, 2.05) is 91.0 Å². The summed E-state index contributed by atoms with van der Waals surface area (Å²) in [6.45, 7) is 1.76. The molecule has 0 amide bonds. The highest BCUT2D eigenvalue weighted by Gasteiger charge is 2.33. The monoisotopic (exact) mass is 435 g/mol. The molecule has 31 heavy (non-hydrogen) atoms. The quantitative estimate of drug-likeness (QED) is 0.329. The van der Waals surface area contributed by atoms with Gasteiger partial charge in [0.1, 0.15) is 18.1 Å². The molecule has 0 spiro atoms. The van der Waals surface area contributed by atoms with E-state index in [4.69, 9.17) is 13.8 Å². The minimum Gasteiger partial charge on any atom is -0.461 e.